The summed E-state index contributed by atoms with van der Waals surface area (Å²) in [5.41, 5.74) is 2.78. The maximum absolute atomic E-state index is 12.0. The maximum atomic E-state index is 12.0. The zero-order valence-electron chi connectivity index (χ0n) is 10.4. The molecule has 1 heterocycles. The van der Waals surface area contributed by atoms with Gasteiger partial charge in [0.2, 0.25) is 0 Å². The normalized spacial score (nSPS) is 12.0. The van der Waals surface area contributed by atoms with Crippen molar-refractivity contribution in [1.29, 1.82) is 0 Å². The Balaban J connectivity index is 2.74. The van der Waals surface area contributed by atoms with Gasteiger partial charge in [0.1, 0.15) is 0 Å². The fourth-order valence-electron chi connectivity index (χ4n) is 1.37. The molecular formula is C11H17BrN4O2. The van der Waals surface area contributed by atoms with E-state index in [4.69, 9.17) is 10.6 Å². The van der Waals surface area contributed by atoms with Crippen LogP contribution in [0.5, 0.6) is 0 Å². The van der Waals surface area contributed by atoms with Gasteiger partial charge < -0.3 is 15.5 Å². The summed E-state index contributed by atoms with van der Waals surface area (Å²) in [5.74, 6) is 5.40. The second-order valence-electron chi connectivity index (χ2n) is 3.73. The number of hydrogen-bond acceptors (Lipinski definition) is 5. The first-order valence-electron chi connectivity index (χ1n) is 5.59. The summed E-state index contributed by atoms with van der Waals surface area (Å²) in [5, 5.41) is 2.81. The van der Waals surface area contributed by atoms with Gasteiger partial charge in [0.25, 0.3) is 5.91 Å². The van der Waals surface area contributed by atoms with Crippen molar-refractivity contribution in [2.24, 2.45) is 5.84 Å². The zero-order valence-corrected chi connectivity index (χ0v) is 12.0. The fraction of sp³-hybridized carbons (Fsp3) is 0.455. The number of carbonyl (C=O) groups excluding carboxylic acids is 1. The highest BCUT2D eigenvalue weighted by Gasteiger charge is 2.15. The smallest absolute Gasteiger partial charge is 0.255 e. The summed E-state index contributed by atoms with van der Waals surface area (Å²) in [6, 6.07) is 1.58. The van der Waals surface area contributed by atoms with E-state index in [-0.39, 0.29) is 11.9 Å². The Kier molecular flexibility index (Phi) is 6.03. The lowest BCUT2D eigenvalue weighted by atomic mass is 10.2. The zero-order chi connectivity index (χ0) is 13.5. The van der Waals surface area contributed by atoms with Gasteiger partial charge in [-0.05, 0) is 35.8 Å². The summed E-state index contributed by atoms with van der Waals surface area (Å²) >= 11 is 3.27. The van der Waals surface area contributed by atoms with E-state index < -0.39 is 0 Å². The molecule has 0 spiro atoms. The lowest BCUT2D eigenvalue weighted by Crippen LogP contribution is -2.36. The van der Waals surface area contributed by atoms with E-state index >= 15 is 0 Å². The number of rotatable bonds is 6. The first-order valence-corrected chi connectivity index (χ1v) is 6.38. The van der Waals surface area contributed by atoms with E-state index in [9.17, 15) is 4.79 Å². The molecule has 0 bridgehead atoms. The lowest BCUT2D eigenvalue weighted by molar-refractivity contribution is 0.0872. The van der Waals surface area contributed by atoms with Crippen molar-refractivity contribution in [2.75, 3.05) is 18.6 Å². The van der Waals surface area contributed by atoms with Crippen molar-refractivity contribution in [2.45, 2.75) is 19.9 Å². The highest BCUT2D eigenvalue weighted by molar-refractivity contribution is 9.10. The van der Waals surface area contributed by atoms with Crippen molar-refractivity contribution in [3.8, 4) is 0 Å². The Morgan fingerprint density at radius 1 is 1.67 bits per heavy atom. The van der Waals surface area contributed by atoms with Gasteiger partial charge in [-0.3, -0.25) is 4.79 Å². The van der Waals surface area contributed by atoms with E-state index in [1.165, 1.54) is 0 Å². The third-order valence-electron chi connectivity index (χ3n) is 2.19. The molecule has 0 saturated carbocycles. The minimum Gasteiger partial charge on any atom is -0.380 e. The van der Waals surface area contributed by atoms with Gasteiger partial charge in [-0.2, -0.15) is 0 Å². The number of anilines is 1. The average molecular weight is 317 g/mol. The first-order chi connectivity index (χ1) is 8.58. The number of pyridine rings is 1. The van der Waals surface area contributed by atoms with Gasteiger partial charge in [-0.15, -0.1) is 0 Å². The molecule has 1 amide bonds. The monoisotopic (exact) mass is 316 g/mol. The molecule has 18 heavy (non-hydrogen) atoms. The summed E-state index contributed by atoms with van der Waals surface area (Å²) in [6.07, 6.45) is 1.57. The molecule has 0 aliphatic rings. The van der Waals surface area contributed by atoms with E-state index in [2.05, 4.69) is 31.7 Å². The second-order valence-corrected chi connectivity index (χ2v) is 4.64. The first kappa shape index (κ1) is 14.9. The van der Waals surface area contributed by atoms with Gasteiger partial charge in [-0.1, -0.05) is 0 Å². The topological polar surface area (TPSA) is 89.3 Å². The van der Waals surface area contributed by atoms with Gasteiger partial charge in [0.15, 0.2) is 5.82 Å². The van der Waals surface area contributed by atoms with E-state index in [0.29, 0.717) is 29.1 Å². The molecule has 0 fully saturated rings. The van der Waals surface area contributed by atoms with Crippen LogP contribution < -0.4 is 16.6 Å². The minimum absolute atomic E-state index is 0.0814. The van der Waals surface area contributed by atoms with Crippen molar-refractivity contribution >= 4 is 27.7 Å². The molecule has 0 aromatic carbocycles. The van der Waals surface area contributed by atoms with Crippen LogP contribution in [0.2, 0.25) is 0 Å². The molecule has 7 heteroatoms. The number of nitrogens with zero attached hydrogens (tertiary/aromatic N) is 1. The summed E-state index contributed by atoms with van der Waals surface area (Å²) in [6.45, 7) is 4.86. The lowest BCUT2D eigenvalue weighted by Gasteiger charge is -2.15. The Hall–Kier alpha value is -1.18. The van der Waals surface area contributed by atoms with Crippen LogP contribution in [-0.2, 0) is 4.74 Å². The Bertz CT molecular complexity index is 414. The van der Waals surface area contributed by atoms with Crippen LogP contribution in [0.15, 0.2) is 16.7 Å². The number of nitrogens with two attached hydrogens (primary N) is 1. The van der Waals surface area contributed by atoms with Crippen LogP contribution in [0.1, 0.15) is 24.2 Å². The second kappa shape index (κ2) is 7.30. The predicted molar refractivity (Wildman–Crippen MR) is 73.2 cm³/mol. The summed E-state index contributed by atoms with van der Waals surface area (Å²) in [4.78, 5) is 16.0. The molecule has 1 aromatic rings. The van der Waals surface area contributed by atoms with Crippen LogP contribution in [-0.4, -0.2) is 30.1 Å². The number of amides is 1. The fourth-order valence-corrected chi connectivity index (χ4v) is 1.70. The minimum atomic E-state index is -0.246. The quantitative estimate of drug-likeness (QED) is 0.543. The molecule has 0 aliphatic carbocycles. The molecule has 1 unspecified atom stereocenters. The van der Waals surface area contributed by atoms with Gasteiger partial charge >= 0.3 is 0 Å². The number of halogens is 1. The number of hydrogen-bond donors (Lipinski definition) is 3. The molecule has 0 aliphatic heterocycles. The van der Waals surface area contributed by atoms with Crippen LogP contribution in [0, 0.1) is 0 Å². The number of nitrogen functional groups attached to an aromatic ring is 1. The standard InChI is InChI=1S/C11H17BrN4O2/c1-3-18-6-7(2)15-11(17)9-4-8(12)5-14-10(9)16-13/h4-5,7H,3,6,13H2,1-2H3,(H,14,16)(H,15,17). The third-order valence-corrected chi connectivity index (χ3v) is 2.62. The van der Waals surface area contributed by atoms with Gasteiger partial charge in [0, 0.05) is 23.3 Å². The number of aromatic nitrogens is 1. The van der Waals surface area contributed by atoms with Crippen molar-refractivity contribution in [3.05, 3.63) is 22.3 Å². The molecule has 1 atom stereocenters. The SMILES string of the molecule is CCOCC(C)NC(=O)c1cc(Br)cnc1NN. The van der Waals surface area contributed by atoms with Gasteiger partial charge in [0.05, 0.1) is 12.2 Å². The molecule has 6 nitrogen and oxygen atoms in total. The molecule has 1 rings (SSSR count). The predicted octanol–water partition coefficient (Wildman–Crippen LogP) is 1.28. The van der Waals surface area contributed by atoms with Crippen LogP contribution in [0.25, 0.3) is 0 Å². The largest absolute Gasteiger partial charge is 0.380 e. The highest BCUT2D eigenvalue weighted by Crippen LogP contribution is 2.17. The number of carbonyl (C=O) groups is 1. The maximum Gasteiger partial charge on any atom is 0.255 e. The Morgan fingerprint density at radius 2 is 2.39 bits per heavy atom. The molecule has 0 radical (unpaired) electrons. The van der Waals surface area contributed by atoms with E-state index in [0.717, 1.165) is 0 Å². The molecule has 100 valence electrons. The Morgan fingerprint density at radius 3 is 3.00 bits per heavy atom. The van der Waals surface area contributed by atoms with E-state index in [1.54, 1.807) is 12.3 Å². The van der Waals surface area contributed by atoms with Crippen molar-refractivity contribution < 1.29 is 9.53 Å². The van der Waals surface area contributed by atoms with Crippen LogP contribution in [0.3, 0.4) is 0 Å². The van der Waals surface area contributed by atoms with Crippen molar-refractivity contribution in [1.82, 2.24) is 10.3 Å². The van der Waals surface area contributed by atoms with Gasteiger partial charge in [-0.25, -0.2) is 10.8 Å². The number of nitrogens with one attached hydrogen (secondary N) is 2. The van der Waals surface area contributed by atoms with Crippen molar-refractivity contribution in [3.63, 3.8) is 0 Å². The molecule has 0 saturated heterocycles. The molecule has 4 N–H and O–H groups in total. The highest BCUT2D eigenvalue weighted by atomic mass is 79.9. The number of hydrazine groups is 1. The third kappa shape index (κ3) is 4.25. The number of ether oxygens (including phenoxy) is 1. The summed E-state index contributed by atoms with van der Waals surface area (Å²) in [7, 11) is 0. The summed E-state index contributed by atoms with van der Waals surface area (Å²) < 4.78 is 5.94. The molecular weight excluding hydrogens is 300 g/mol. The van der Waals surface area contributed by atoms with Crippen LogP contribution >= 0.6 is 15.9 Å². The molecule has 1 aromatic heterocycles. The van der Waals surface area contributed by atoms with E-state index in [1.807, 2.05) is 13.8 Å². The van der Waals surface area contributed by atoms with Crippen LogP contribution in [0.4, 0.5) is 5.82 Å². The average Bonchev–Trinajstić information content (AvgIpc) is 2.36. The Labute approximate surface area is 114 Å².